The van der Waals surface area contributed by atoms with E-state index in [2.05, 4.69) is 10.1 Å². The maximum absolute atomic E-state index is 12.5. The lowest BCUT2D eigenvalue weighted by atomic mass is 10.1. The minimum Gasteiger partial charge on any atom is -0.444 e. The third kappa shape index (κ3) is 4.91. The van der Waals surface area contributed by atoms with E-state index in [4.69, 9.17) is 18.7 Å². The fourth-order valence-electron chi connectivity index (χ4n) is 2.76. The minimum absolute atomic E-state index is 0.222. The molecule has 1 aliphatic heterocycles. The Morgan fingerprint density at radius 3 is 2.83 bits per heavy atom. The molecule has 1 aliphatic rings. The number of amides is 1. The van der Waals surface area contributed by atoms with E-state index in [1.165, 1.54) is 6.39 Å². The van der Waals surface area contributed by atoms with Gasteiger partial charge in [-0.3, -0.25) is 0 Å². The Labute approximate surface area is 142 Å². The Morgan fingerprint density at radius 1 is 1.50 bits per heavy atom. The van der Waals surface area contributed by atoms with Gasteiger partial charge in [0, 0.05) is 13.2 Å². The molecule has 0 saturated carbocycles. The second-order valence-corrected chi connectivity index (χ2v) is 6.75. The summed E-state index contributed by atoms with van der Waals surface area (Å²) in [6.45, 7) is 10.4. The highest BCUT2D eigenvalue weighted by Crippen LogP contribution is 2.32. The van der Waals surface area contributed by atoms with Crippen LogP contribution in [0.4, 0.5) is 4.79 Å². The average molecular weight is 341 g/mol. The van der Waals surface area contributed by atoms with Gasteiger partial charge in [-0.05, 0) is 47.5 Å². The molecule has 1 amide bonds. The smallest absolute Gasteiger partial charge is 0.410 e. The second kappa shape index (κ2) is 7.94. The van der Waals surface area contributed by atoms with Gasteiger partial charge in [-0.15, -0.1) is 0 Å². The summed E-state index contributed by atoms with van der Waals surface area (Å²) in [6.07, 6.45) is 1.57. The quantitative estimate of drug-likeness (QED) is 0.735. The van der Waals surface area contributed by atoms with Crippen LogP contribution < -0.4 is 0 Å². The van der Waals surface area contributed by atoms with E-state index in [1.807, 2.05) is 34.6 Å². The van der Waals surface area contributed by atoms with Crippen LogP contribution in [-0.4, -0.2) is 52.2 Å². The molecule has 8 heteroatoms. The van der Waals surface area contributed by atoms with Crippen LogP contribution in [0.5, 0.6) is 0 Å². The molecule has 0 bridgehead atoms. The van der Waals surface area contributed by atoms with Crippen molar-refractivity contribution in [3.8, 4) is 0 Å². The highest BCUT2D eigenvalue weighted by atomic mass is 16.7. The lowest BCUT2D eigenvalue weighted by Gasteiger charge is -2.32. The van der Waals surface area contributed by atoms with Crippen molar-refractivity contribution in [3.63, 3.8) is 0 Å². The number of rotatable bonds is 6. The van der Waals surface area contributed by atoms with Crippen molar-refractivity contribution < 1.29 is 23.5 Å². The molecule has 0 aliphatic carbocycles. The second-order valence-electron chi connectivity index (χ2n) is 6.75. The van der Waals surface area contributed by atoms with Crippen LogP contribution in [0.1, 0.15) is 59.4 Å². The highest BCUT2D eigenvalue weighted by molar-refractivity contribution is 5.69. The lowest BCUT2D eigenvalue weighted by Crippen LogP contribution is -2.43. The average Bonchev–Trinajstić information content (AvgIpc) is 3.15. The van der Waals surface area contributed by atoms with Crippen LogP contribution in [0.2, 0.25) is 0 Å². The van der Waals surface area contributed by atoms with Gasteiger partial charge >= 0.3 is 6.09 Å². The van der Waals surface area contributed by atoms with Crippen LogP contribution >= 0.6 is 0 Å². The van der Waals surface area contributed by atoms with E-state index < -0.39 is 18.0 Å². The van der Waals surface area contributed by atoms with E-state index in [-0.39, 0.29) is 12.1 Å². The summed E-state index contributed by atoms with van der Waals surface area (Å²) in [6, 6.07) is -0.222. The molecule has 1 aromatic rings. The van der Waals surface area contributed by atoms with E-state index in [9.17, 15) is 4.79 Å². The third-order valence-electron chi connectivity index (χ3n) is 3.65. The summed E-state index contributed by atoms with van der Waals surface area (Å²) in [7, 11) is 0. The van der Waals surface area contributed by atoms with Gasteiger partial charge in [-0.1, -0.05) is 5.16 Å². The molecule has 0 radical (unpaired) electrons. The Morgan fingerprint density at radius 2 is 2.25 bits per heavy atom. The summed E-state index contributed by atoms with van der Waals surface area (Å²) < 4.78 is 21.8. The van der Waals surface area contributed by atoms with Crippen molar-refractivity contribution in [2.75, 3.05) is 13.2 Å². The SMILES string of the molecule is CCO[C@H](C)OC(c1ncon1)C1CCCN1C(=O)OC(C)(C)C. The maximum Gasteiger partial charge on any atom is 0.410 e. The monoisotopic (exact) mass is 341 g/mol. The number of ether oxygens (including phenoxy) is 3. The van der Waals surface area contributed by atoms with Crippen LogP contribution in [0.15, 0.2) is 10.9 Å². The zero-order valence-corrected chi connectivity index (χ0v) is 15.0. The molecule has 8 nitrogen and oxygen atoms in total. The standard InChI is InChI=1S/C16H27N3O5/c1-6-21-11(2)23-13(14-17-10-22-18-14)12-8-7-9-19(12)15(20)24-16(3,4)5/h10-13H,6-9H2,1-5H3/t11-,12?,13?/m0/s1. The number of aromatic nitrogens is 2. The van der Waals surface area contributed by atoms with Crippen molar-refractivity contribution in [3.05, 3.63) is 12.2 Å². The van der Waals surface area contributed by atoms with Crippen LogP contribution in [0.3, 0.4) is 0 Å². The first-order valence-corrected chi connectivity index (χ1v) is 8.34. The molecule has 0 spiro atoms. The molecule has 136 valence electrons. The summed E-state index contributed by atoms with van der Waals surface area (Å²) in [4.78, 5) is 18.3. The Kier molecular flexibility index (Phi) is 6.17. The predicted octanol–water partition coefficient (Wildman–Crippen LogP) is 2.91. The molecule has 1 saturated heterocycles. The largest absolute Gasteiger partial charge is 0.444 e. The van der Waals surface area contributed by atoms with E-state index >= 15 is 0 Å². The first kappa shape index (κ1) is 18.7. The van der Waals surface area contributed by atoms with Crippen LogP contribution in [0.25, 0.3) is 0 Å². The molecular formula is C16H27N3O5. The fourth-order valence-corrected chi connectivity index (χ4v) is 2.76. The third-order valence-corrected chi connectivity index (χ3v) is 3.65. The fraction of sp³-hybridized carbons (Fsp3) is 0.812. The molecule has 2 rings (SSSR count). The normalized spacial score (nSPS) is 20.9. The molecule has 0 N–H and O–H groups in total. The Hall–Kier alpha value is -1.67. The van der Waals surface area contributed by atoms with Gasteiger partial charge in [0.15, 0.2) is 6.29 Å². The molecule has 24 heavy (non-hydrogen) atoms. The predicted molar refractivity (Wildman–Crippen MR) is 85.2 cm³/mol. The van der Waals surface area contributed by atoms with Crippen molar-refractivity contribution >= 4 is 6.09 Å². The lowest BCUT2D eigenvalue weighted by molar-refractivity contribution is -0.174. The molecule has 2 unspecified atom stereocenters. The molecule has 1 fully saturated rings. The number of likely N-dealkylation sites (tertiary alicyclic amines) is 1. The van der Waals surface area contributed by atoms with Crippen LogP contribution in [0, 0.1) is 0 Å². The summed E-state index contributed by atoms with van der Waals surface area (Å²) in [5, 5.41) is 3.90. The Balaban J connectivity index is 2.16. The number of hydrogen-bond donors (Lipinski definition) is 0. The van der Waals surface area contributed by atoms with Crippen molar-refractivity contribution in [2.45, 2.75) is 71.5 Å². The van der Waals surface area contributed by atoms with Crippen LogP contribution in [-0.2, 0) is 14.2 Å². The number of hydrogen-bond acceptors (Lipinski definition) is 7. The van der Waals surface area contributed by atoms with E-state index in [0.717, 1.165) is 12.8 Å². The number of nitrogens with zero attached hydrogens (tertiary/aromatic N) is 3. The number of carbonyl (C=O) groups is 1. The molecule has 3 atom stereocenters. The zero-order valence-electron chi connectivity index (χ0n) is 15.0. The van der Waals surface area contributed by atoms with Gasteiger partial charge < -0.3 is 23.6 Å². The first-order chi connectivity index (χ1) is 11.3. The minimum atomic E-state index is -0.550. The molecular weight excluding hydrogens is 314 g/mol. The van der Waals surface area contributed by atoms with Crippen molar-refractivity contribution in [1.29, 1.82) is 0 Å². The maximum atomic E-state index is 12.5. The summed E-state index contributed by atoms with van der Waals surface area (Å²) in [5.74, 6) is 0.405. The van der Waals surface area contributed by atoms with Gasteiger partial charge in [0.05, 0.1) is 6.04 Å². The molecule has 1 aromatic heterocycles. The molecule has 2 heterocycles. The zero-order chi connectivity index (χ0) is 17.7. The topological polar surface area (TPSA) is 86.9 Å². The number of carbonyl (C=O) groups excluding carboxylic acids is 1. The first-order valence-electron chi connectivity index (χ1n) is 8.34. The highest BCUT2D eigenvalue weighted by Gasteiger charge is 2.40. The summed E-state index contributed by atoms with van der Waals surface area (Å²) >= 11 is 0. The van der Waals surface area contributed by atoms with Crippen molar-refractivity contribution in [2.24, 2.45) is 0 Å². The van der Waals surface area contributed by atoms with E-state index in [1.54, 1.807) is 4.90 Å². The van der Waals surface area contributed by atoms with Gasteiger partial charge in [0.2, 0.25) is 12.2 Å². The Bertz CT molecular complexity index is 514. The summed E-state index contributed by atoms with van der Waals surface area (Å²) in [5.41, 5.74) is -0.550. The molecule has 0 aromatic carbocycles. The van der Waals surface area contributed by atoms with Gasteiger partial charge in [0.1, 0.15) is 11.7 Å². The van der Waals surface area contributed by atoms with Crippen molar-refractivity contribution in [1.82, 2.24) is 15.0 Å². The van der Waals surface area contributed by atoms with Gasteiger partial charge in [-0.2, -0.15) is 4.98 Å². The van der Waals surface area contributed by atoms with E-state index in [0.29, 0.717) is 19.0 Å². The van der Waals surface area contributed by atoms with Gasteiger partial charge in [0.25, 0.3) is 0 Å². The van der Waals surface area contributed by atoms with Gasteiger partial charge in [-0.25, -0.2) is 4.79 Å².